The van der Waals surface area contributed by atoms with Crippen molar-refractivity contribution >= 4 is 16.8 Å². The Morgan fingerprint density at radius 1 is 1.75 bits per heavy atom. The standard InChI is InChI=1S/C6H6ClN3O2/c1-12-3-2-9-4(5(7)8)6(11)10-3/h2,8H,1H3,(H,10,11). The van der Waals surface area contributed by atoms with Gasteiger partial charge in [-0.2, -0.15) is 4.98 Å². The lowest BCUT2D eigenvalue weighted by atomic mass is 10.4. The smallest absolute Gasteiger partial charge is 0.244 e. The number of aromatic nitrogens is 2. The summed E-state index contributed by atoms with van der Waals surface area (Å²) in [7, 11) is 1.40. The van der Waals surface area contributed by atoms with Gasteiger partial charge in [-0.05, 0) is 0 Å². The molecule has 0 bridgehead atoms. The van der Waals surface area contributed by atoms with Gasteiger partial charge in [0.05, 0.1) is 13.3 Å². The molecule has 0 aliphatic carbocycles. The maximum atomic E-state index is 9.11. The lowest BCUT2D eigenvalue weighted by Gasteiger charge is -2.00. The summed E-state index contributed by atoms with van der Waals surface area (Å²) in [6, 6.07) is 0. The summed E-state index contributed by atoms with van der Waals surface area (Å²) in [6.45, 7) is 0. The number of hydrogen-bond acceptors (Lipinski definition) is 5. The van der Waals surface area contributed by atoms with Crippen molar-refractivity contribution in [2.75, 3.05) is 7.11 Å². The molecule has 2 N–H and O–H groups in total. The molecule has 0 spiro atoms. The fraction of sp³-hybridized carbons (Fsp3) is 0.167. The average molecular weight is 188 g/mol. The van der Waals surface area contributed by atoms with Crippen LogP contribution in [-0.2, 0) is 0 Å². The summed E-state index contributed by atoms with van der Waals surface area (Å²) in [5, 5.41) is 15.7. The Kier molecular flexibility index (Phi) is 2.44. The van der Waals surface area contributed by atoms with E-state index in [9.17, 15) is 0 Å². The quantitative estimate of drug-likeness (QED) is 0.670. The molecule has 12 heavy (non-hydrogen) atoms. The third-order valence-electron chi connectivity index (χ3n) is 1.15. The third-order valence-corrected chi connectivity index (χ3v) is 1.33. The first-order valence-corrected chi connectivity index (χ1v) is 3.37. The lowest BCUT2D eigenvalue weighted by Crippen LogP contribution is -1.98. The molecule has 1 rings (SSSR count). The summed E-state index contributed by atoms with van der Waals surface area (Å²) in [4.78, 5) is 7.21. The van der Waals surface area contributed by atoms with Gasteiger partial charge in [-0.25, -0.2) is 4.98 Å². The normalized spacial score (nSPS) is 9.50. The fourth-order valence-electron chi connectivity index (χ4n) is 0.617. The second kappa shape index (κ2) is 3.36. The highest BCUT2D eigenvalue weighted by molar-refractivity contribution is 6.68. The van der Waals surface area contributed by atoms with Crippen molar-refractivity contribution in [2.45, 2.75) is 0 Å². The zero-order valence-electron chi connectivity index (χ0n) is 6.21. The zero-order chi connectivity index (χ0) is 9.14. The number of nitrogens with zero attached hydrogens (tertiary/aromatic N) is 2. The molecule has 5 nitrogen and oxygen atoms in total. The van der Waals surface area contributed by atoms with Gasteiger partial charge in [0.1, 0.15) is 0 Å². The maximum absolute atomic E-state index is 9.11. The van der Waals surface area contributed by atoms with Gasteiger partial charge in [0, 0.05) is 0 Å². The minimum Gasteiger partial charge on any atom is -0.492 e. The molecule has 1 heterocycles. The maximum Gasteiger partial charge on any atom is 0.244 e. The minimum atomic E-state index is -0.408. The van der Waals surface area contributed by atoms with E-state index in [0.717, 1.165) is 0 Å². The van der Waals surface area contributed by atoms with Crippen LogP contribution < -0.4 is 4.74 Å². The predicted molar refractivity (Wildman–Crippen MR) is 42.9 cm³/mol. The highest BCUT2D eigenvalue weighted by Crippen LogP contribution is 2.16. The first-order valence-electron chi connectivity index (χ1n) is 2.99. The van der Waals surface area contributed by atoms with E-state index in [1.807, 2.05) is 0 Å². The highest BCUT2D eigenvalue weighted by Gasteiger charge is 2.09. The zero-order valence-corrected chi connectivity index (χ0v) is 6.96. The molecule has 0 amide bonds. The summed E-state index contributed by atoms with van der Waals surface area (Å²) in [6.07, 6.45) is 1.27. The van der Waals surface area contributed by atoms with Crippen LogP contribution in [0.25, 0.3) is 0 Å². The van der Waals surface area contributed by atoms with Crippen molar-refractivity contribution in [3.63, 3.8) is 0 Å². The molecular formula is C6H6ClN3O2. The van der Waals surface area contributed by atoms with Crippen molar-refractivity contribution in [2.24, 2.45) is 0 Å². The number of hydrogen-bond donors (Lipinski definition) is 2. The van der Waals surface area contributed by atoms with Crippen molar-refractivity contribution in [3.8, 4) is 11.8 Å². The Morgan fingerprint density at radius 3 is 2.83 bits per heavy atom. The number of nitrogens with one attached hydrogen (secondary N) is 1. The number of methoxy groups -OCH3 is 1. The Morgan fingerprint density at radius 2 is 2.42 bits per heavy atom. The molecule has 0 saturated heterocycles. The monoisotopic (exact) mass is 187 g/mol. The molecule has 1 aromatic heterocycles. The summed E-state index contributed by atoms with van der Waals surface area (Å²) in [5.41, 5.74) is -0.0579. The Hall–Kier alpha value is -1.36. The average Bonchev–Trinajstić information content (AvgIpc) is 2.03. The largest absolute Gasteiger partial charge is 0.492 e. The van der Waals surface area contributed by atoms with Gasteiger partial charge < -0.3 is 9.84 Å². The lowest BCUT2D eigenvalue weighted by molar-refractivity contribution is 0.376. The van der Waals surface area contributed by atoms with Crippen LogP contribution in [0.2, 0.25) is 0 Å². The van der Waals surface area contributed by atoms with Gasteiger partial charge in [-0.3, -0.25) is 5.41 Å². The van der Waals surface area contributed by atoms with Gasteiger partial charge in [0.15, 0.2) is 10.9 Å². The van der Waals surface area contributed by atoms with Crippen molar-refractivity contribution in [1.29, 1.82) is 5.41 Å². The molecule has 0 fully saturated rings. The fourth-order valence-corrected chi connectivity index (χ4v) is 0.750. The van der Waals surface area contributed by atoms with E-state index in [2.05, 4.69) is 14.7 Å². The number of ether oxygens (including phenoxy) is 1. The molecule has 0 aliphatic rings. The van der Waals surface area contributed by atoms with Crippen LogP contribution in [0.15, 0.2) is 6.20 Å². The van der Waals surface area contributed by atoms with Crippen LogP contribution in [0.4, 0.5) is 0 Å². The van der Waals surface area contributed by atoms with E-state index >= 15 is 0 Å². The second-order valence-electron chi connectivity index (χ2n) is 1.90. The first kappa shape index (κ1) is 8.73. The molecule has 0 radical (unpaired) electrons. The van der Waals surface area contributed by atoms with E-state index in [1.165, 1.54) is 13.3 Å². The van der Waals surface area contributed by atoms with E-state index in [4.69, 9.17) is 22.1 Å². The molecule has 0 aromatic carbocycles. The Bertz CT molecular complexity index is 316. The van der Waals surface area contributed by atoms with Gasteiger partial charge in [0.2, 0.25) is 11.8 Å². The van der Waals surface area contributed by atoms with E-state index < -0.39 is 5.88 Å². The van der Waals surface area contributed by atoms with E-state index in [0.29, 0.717) is 0 Å². The van der Waals surface area contributed by atoms with Gasteiger partial charge in [-0.1, -0.05) is 11.6 Å². The summed E-state index contributed by atoms with van der Waals surface area (Å²) >= 11 is 5.28. The predicted octanol–water partition coefficient (Wildman–Crippen LogP) is 0.755. The van der Waals surface area contributed by atoms with E-state index in [-0.39, 0.29) is 16.7 Å². The second-order valence-corrected chi connectivity index (χ2v) is 2.28. The number of aromatic hydroxyl groups is 1. The molecule has 0 aliphatic heterocycles. The molecule has 6 heteroatoms. The molecule has 0 saturated carbocycles. The molecule has 0 unspecified atom stereocenters. The first-order chi connectivity index (χ1) is 5.65. The van der Waals surface area contributed by atoms with Crippen molar-refractivity contribution in [1.82, 2.24) is 9.97 Å². The van der Waals surface area contributed by atoms with Gasteiger partial charge in [0.25, 0.3) is 0 Å². The number of rotatable bonds is 2. The molecule has 0 atom stereocenters. The topological polar surface area (TPSA) is 79.1 Å². The SMILES string of the molecule is COc1cnc(C(=N)Cl)c(O)n1. The highest BCUT2D eigenvalue weighted by atomic mass is 35.5. The molecular weight excluding hydrogens is 182 g/mol. The van der Waals surface area contributed by atoms with Crippen LogP contribution in [0.5, 0.6) is 11.8 Å². The van der Waals surface area contributed by atoms with Crippen LogP contribution in [0.3, 0.4) is 0 Å². The Labute approximate surface area is 73.5 Å². The van der Waals surface area contributed by atoms with Gasteiger partial charge >= 0.3 is 0 Å². The Balaban J connectivity index is 3.12. The third kappa shape index (κ3) is 1.62. The van der Waals surface area contributed by atoms with Crippen LogP contribution in [0, 0.1) is 5.41 Å². The van der Waals surface area contributed by atoms with Gasteiger partial charge in [-0.15, -0.1) is 0 Å². The summed E-state index contributed by atoms with van der Waals surface area (Å²) < 4.78 is 4.68. The summed E-state index contributed by atoms with van der Waals surface area (Å²) in [5.74, 6) is -0.233. The van der Waals surface area contributed by atoms with Crippen LogP contribution in [-0.4, -0.2) is 27.4 Å². The van der Waals surface area contributed by atoms with Crippen molar-refractivity contribution in [3.05, 3.63) is 11.9 Å². The van der Waals surface area contributed by atoms with Crippen molar-refractivity contribution < 1.29 is 9.84 Å². The molecule has 1 aromatic rings. The minimum absolute atomic E-state index is 0.0579. The van der Waals surface area contributed by atoms with Crippen LogP contribution >= 0.6 is 11.6 Å². The van der Waals surface area contributed by atoms with Crippen LogP contribution in [0.1, 0.15) is 5.69 Å². The molecule has 64 valence electrons. The van der Waals surface area contributed by atoms with E-state index in [1.54, 1.807) is 0 Å². The number of halogens is 1.